The Labute approximate surface area is 281 Å². The van der Waals surface area contributed by atoms with Crippen molar-refractivity contribution in [3.8, 4) is 0 Å². The number of carboxylic acid groups (broad SMARTS) is 1. The predicted molar refractivity (Wildman–Crippen MR) is 188 cm³/mol. The topological polar surface area (TPSA) is 121 Å². The van der Waals surface area contributed by atoms with Crippen molar-refractivity contribution in [2.45, 2.75) is 187 Å². The fraction of sp³-hybridized carbons (Fsp3) is 0.821. The van der Waals surface area contributed by atoms with E-state index in [9.17, 15) is 24.6 Å². The summed E-state index contributed by atoms with van der Waals surface area (Å²) in [5, 5.41) is 28.6. The summed E-state index contributed by atoms with van der Waals surface area (Å²) in [5.41, 5.74) is 0. The predicted octanol–water partition coefficient (Wildman–Crippen LogP) is 10.0. The zero-order chi connectivity index (χ0) is 34.1. The summed E-state index contributed by atoms with van der Waals surface area (Å²) < 4.78 is 4.82. The van der Waals surface area contributed by atoms with Crippen molar-refractivity contribution in [1.29, 1.82) is 0 Å². The van der Waals surface area contributed by atoms with E-state index in [2.05, 4.69) is 38.2 Å². The molecule has 0 aliphatic rings. The quantitative estimate of drug-likeness (QED) is 0.0280. The molecule has 0 fully saturated rings. The van der Waals surface area contributed by atoms with Crippen molar-refractivity contribution in [2.75, 3.05) is 6.61 Å². The Morgan fingerprint density at radius 1 is 0.522 bits per heavy atom. The SMILES string of the molecule is CCCCCCCC/C=C\CCCCCCC(C(=O)O)C(CCCCCC/C=C\CCCCCCCC)C(=O)OC(=O)C(O)CO. The van der Waals surface area contributed by atoms with Gasteiger partial charge < -0.3 is 20.1 Å². The van der Waals surface area contributed by atoms with Gasteiger partial charge in [0.15, 0.2) is 6.10 Å². The van der Waals surface area contributed by atoms with Gasteiger partial charge in [-0.25, -0.2) is 4.79 Å². The van der Waals surface area contributed by atoms with Gasteiger partial charge in [-0.2, -0.15) is 0 Å². The van der Waals surface area contributed by atoms with Gasteiger partial charge in [0.05, 0.1) is 18.4 Å². The summed E-state index contributed by atoms with van der Waals surface area (Å²) >= 11 is 0. The summed E-state index contributed by atoms with van der Waals surface area (Å²) in [7, 11) is 0. The summed E-state index contributed by atoms with van der Waals surface area (Å²) in [6, 6.07) is 0. The molecule has 46 heavy (non-hydrogen) atoms. The van der Waals surface area contributed by atoms with Gasteiger partial charge in [0, 0.05) is 0 Å². The first-order valence-electron chi connectivity index (χ1n) is 19.0. The number of ether oxygens (including phenoxy) is 1. The van der Waals surface area contributed by atoms with Crippen LogP contribution in [0.4, 0.5) is 0 Å². The standard InChI is InChI=1S/C39H70O7/c1-3-5-7-9-11-13-15-17-19-21-23-25-27-29-31-34(37(42)43)35(38(44)46-39(45)36(41)33-40)32-30-28-26-24-22-20-18-16-14-12-10-8-6-4-2/h17-20,34-36,40-41H,3-16,21-33H2,1-2H3,(H,42,43)/b19-17-,20-18-. The molecule has 0 saturated heterocycles. The van der Waals surface area contributed by atoms with Crippen molar-refractivity contribution < 1.29 is 34.4 Å². The fourth-order valence-corrected chi connectivity index (χ4v) is 5.81. The van der Waals surface area contributed by atoms with Gasteiger partial charge >= 0.3 is 17.9 Å². The lowest BCUT2D eigenvalue weighted by atomic mass is 9.83. The monoisotopic (exact) mass is 651 g/mol. The number of hydrogen-bond donors (Lipinski definition) is 3. The van der Waals surface area contributed by atoms with E-state index in [0.717, 1.165) is 64.2 Å². The molecule has 7 nitrogen and oxygen atoms in total. The Hall–Kier alpha value is -1.99. The van der Waals surface area contributed by atoms with Crippen LogP contribution in [-0.2, 0) is 19.1 Å². The number of unbranched alkanes of at least 4 members (excludes halogenated alkanes) is 20. The number of carbonyl (C=O) groups is 3. The maximum absolute atomic E-state index is 12.9. The van der Waals surface area contributed by atoms with Crippen LogP contribution < -0.4 is 0 Å². The van der Waals surface area contributed by atoms with Crippen LogP contribution in [0, 0.1) is 11.8 Å². The highest BCUT2D eigenvalue weighted by atomic mass is 16.6. The Bertz CT molecular complexity index is 791. The third-order valence-corrected chi connectivity index (χ3v) is 8.81. The molecule has 0 aliphatic carbocycles. The average Bonchev–Trinajstić information content (AvgIpc) is 3.04. The maximum Gasteiger partial charge on any atom is 0.345 e. The number of rotatable bonds is 33. The van der Waals surface area contributed by atoms with E-state index in [-0.39, 0.29) is 0 Å². The Balaban J connectivity index is 4.55. The van der Waals surface area contributed by atoms with Crippen molar-refractivity contribution in [3.05, 3.63) is 24.3 Å². The first kappa shape index (κ1) is 44.0. The molecule has 0 rings (SSSR count). The number of allylic oxidation sites excluding steroid dienone is 4. The van der Waals surface area contributed by atoms with Crippen LogP contribution >= 0.6 is 0 Å². The van der Waals surface area contributed by atoms with Crippen LogP contribution in [0.2, 0.25) is 0 Å². The number of aliphatic carboxylic acids is 1. The molecule has 0 radical (unpaired) electrons. The van der Waals surface area contributed by atoms with Gasteiger partial charge in [0.25, 0.3) is 0 Å². The van der Waals surface area contributed by atoms with Crippen LogP contribution in [-0.4, -0.2) is 45.9 Å². The van der Waals surface area contributed by atoms with E-state index in [1.54, 1.807) is 0 Å². The van der Waals surface area contributed by atoms with E-state index in [1.165, 1.54) is 77.0 Å². The van der Waals surface area contributed by atoms with Crippen molar-refractivity contribution in [2.24, 2.45) is 11.8 Å². The van der Waals surface area contributed by atoms with E-state index in [0.29, 0.717) is 25.7 Å². The highest BCUT2D eigenvalue weighted by Crippen LogP contribution is 2.27. The van der Waals surface area contributed by atoms with Gasteiger partial charge in [0.1, 0.15) is 0 Å². The minimum atomic E-state index is -1.82. The van der Waals surface area contributed by atoms with Crippen molar-refractivity contribution in [3.63, 3.8) is 0 Å². The molecule has 3 atom stereocenters. The zero-order valence-corrected chi connectivity index (χ0v) is 29.6. The summed E-state index contributed by atoms with van der Waals surface area (Å²) in [6.45, 7) is 3.61. The molecular weight excluding hydrogens is 580 g/mol. The second-order valence-electron chi connectivity index (χ2n) is 13.0. The lowest BCUT2D eigenvalue weighted by molar-refractivity contribution is -0.173. The van der Waals surface area contributed by atoms with Gasteiger partial charge in [-0.1, -0.05) is 141 Å². The van der Waals surface area contributed by atoms with Crippen LogP contribution in [0.25, 0.3) is 0 Å². The number of carbonyl (C=O) groups excluding carboxylic acids is 2. The minimum absolute atomic E-state index is 0.315. The Morgan fingerprint density at radius 3 is 1.24 bits per heavy atom. The molecule has 0 bridgehead atoms. The molecular formula is C39H70O7. The van der Waals surface area contributed by atoms with E-state index in [1.807, 2.05) is 0 Å². The van der Waals surface area contributed by atoms with Crippen LogP contribution in [0.3, 0.4) is 0 Å². The molecule has 3 N–H and O–H groups in total. The minimum Gasteiger partial charge on any atom is -0.481 e. The van der Waals surface area contributed by atoms with E-state index in [4.69, 9.17) is 9.84 Å². The highest BCUT2D eigenvalue weighted by Gasteiger charge is 2.36. The first-order chi connectivity index (χ1) is 22.4. The summed E-state index contributed by atoms with van der Waals surface area (Å²) in [4.78, 5) is 37.1. The van der Waals surface area contributed by atoms with Gasteiger partial charge in [-0.05, 0) is 64.2 Å². The third kappa shape index (κ3) is 26.1. The molecule has 0 heterocycles. The number of carboxylic acids is 1. The number of hydrogen-bond acceptors (Lipinski definition) is 6. The molecule has 7 heteroatoms. The van der Waals surface area contributed by atoms with E-state index >= 15 is 0 Å². The first-order valence-corrected chi connectivity index (χ1v) is 19.0. The van der Waals surface area contributed by atoms with Crippen LogP contribution in [0.15, 0.2) is 24.3 Å². The molecule has 0 aromatic heterocycles. The lowest BCUT2D eigenvalue weighted by Crippen LogP contribution is -2.36. The average molecular weight is 651 g/mol. The Morgan fingerprint density at radius 2 is 0.870 bits per heavy atom. The largest absolute Gasteiger partial charge is 0.481 e. The molecule has 0 saturated carbocycles. The van der Waals surface area contributed by atoms with Gasteiger partial charge in [-0.15, -0.1) is 0 Å². The summed E-state index contributed by atoms with van der Waals surface area (Å²) in [6.07, 6.45) is 35.0. The fourth-order valence-electron chi connectivity index (χ4n) is 5.81. The zero-order valence-electron chi connectivity index (χ0n) is 29.6. The van der Waals surface area contributed by atoms with Gasteiger partial charge in [-0.3, -0.25) is 9.59 Å². The molecule has 268 valence electrons. The number of aliphatic hydroxyl groups excluding tert-OH is 2. The van der Waals surface area contributed by atoms with Gasteiger partial charge in [0.2, 0.25) is 0 Å². The van der Waals surface area contributed by atoms with Crippen LogP contribution in [0.1, 0.15) is 181 Å². The van der Waals surface area contributed by atoms with Crippen LogP contribution in [0.5, 0.6) is 0 Å². The normalized spacial score (nSPS) is 13.7. The molecule has 3 unspecified atom stereocenters. The lowest BCUT2D eigenvalue weighted by Gasteiger charge is -2.22. The highest BCUT2D eigenvalue weighted by molar-refractivity contribution is 5.91. The second kappa shape index (κ2) is 32.9. The second-order valence-corrected chi connectivity index (χ2v) is 13.0. The number of esters is 2. The molecule has 0 aromatic rings. The maximum atomic E-state index is 12.9. The Kier molecular flexibility index (Phi) is 31.5. The molecule has 0 aromatic carbocycles. The smallest absolute Gasteiger partial charge is 0.345 e. The summed E-state index contributed by atoms with van der Waals surface area (Å²) in [5.74, 6) is -5.13. The van der Waals surface area contributed by atoms with Crippen molar-refractivity contribution in [1.82, 2.24) is 0 Å². The number of aliphatic hydroxyl groups is 2. The van der Waals surface area contributed by atoms with E-state index < -0.39 is 42.5 Å². The third-order valence-electron chi connectivity index (χ3n) is 8.81. The molecule has 0 amide bonds. The molecule has 0 aliphatic heterocycles. The molecule has 0 spiro atoms. The van der Waals surface area contributed by atoms with Crippen molar-refractivity contribution >= 4 is 17.9 Å².